The van der Waals surface area contributed by atoms with Gasteiger partial charge in [-0.3, -0.25) is 14.5 Å². The van der Waals surface area contributed by atoms with Crippen molar-refractivity contribution in [2.45, 2.75) is 50.1 Å². The zero-order chi connectivity index (χ0) is 24.8. The molecule has 0 aliphatic carbocycles. The molecule has 2 atom stereocenters. The molecule has 9 heteroatoms. The highest BCUT2D eigenvalue weighted by Gasteiger charge is 2.46. The number of carbonyl (C=O) groups excluding carboxylic acids is 3. The summed E-state index contributed by atoms with van der Waals surface area (Å²) in [6, 6.07) is 14.3. The molecule has 0 radical (unpaired) electrons. The minimum Gasteiger partial charge on any atom is -0.352 e. The number of nitrogens with one attached hydrogen (secondary N) is 1. The first kappa shape index (κ1) is 25.6. The molecule has 2 aromatic carbocycles. The number of thioether (sulfide) groups is 1. The van der Waals surface area contributed by atoms with Crippen LogP contribution in [0.3, 0.4) is 0 Å². The number of urea groups is 1. The van der Waals surface area contributed by atoms with Gasteiger partial charge in [0.25, 0.3) is 0 Å². The zero-order valence-corrected chi connectivity index (χ0v) is 21.5. The normalized spacial score (nSPS) is 19.3. The summed E-state index contributed by atoms with van der Waals surface area (Å²) in [5, 5.41) is 5.71. The van der Waals surface area contributed by atoms with Crippen LogP contribution in [-0.4, -0.2) is 45.5 Å². The van der Waals surface area contributed by atoms with Crippen molar-refractivity contribution in [2.24, 2.45) is 0 Å². The van der Waals surface area contributed by atoms with Crippen LogP contribution >= 0.6 is 35.0 Å². The number of unbranched alkanes of at least 4 members (excludes halogenated alkanes) is 2. The lowest BCUT2D eigenvalue weighted by molar-refractivity contribution is -0.131. The highest BCUT2D eigenvalue weighted by atomic mass is 35.5. The van der Waals surface area contributed by atoms with E-state index in [2.05, 4.69) is 5.32 Å². The third kappa shape index (κ3) is 6.40. The summed E-state index contributed by atoms with van der Waals surface area (Å²) in [7, 11) is 0. The highest BCUT2D eigenvalue weighted by Crippen LogP contribution is 2.35. The minimum atomic E-state index is -0.317. The van der Waals surface area contributed by atoms with E-state index in [4.69, 9.17) is 23.2 Å². The van der Waals surface area contributed by atoms with Gasteiger partial charge in [0.05, 0.1) is 6.04 Å². The second-order valence-electron chi connectivity index (χ2n) is 8.58. The van der Waals surface area contributed by atoms with Crippen molar-refractivity contribution in [1.29, 1.82) is 0 Å². The predicted molar refractivity (Wildman–Crippen MR) is 140 cm³/mol. The maximum absolute atomic E-state index is 13.3. The maximum atomic E-state index is 13.3. The number of halogens is 2. The molecule has 4 rings (SSSR count). The van der Waals surface area contributed by atoms with E-state index < -0.39 is 0 Å². The lowest BCUT2D eigenvalue weighted by Crippen LogP contribution is -2.61. The summed E-state index contributed by atoms with van der Waals surface area (Å²) in [5.74, 6) is -0.186. The van der Waals surface area contributed by atoms with Crippen LogP contribution in [0.1, 0.15) is 36.8 Å². The Labute approximate surface area is 219 Å². The number of carbonyl (C=O) groups is 3. The van der Waals surface area contributed by atoms with Crippen molar-refractivity contribution in [1.82, 2.24) is 15.1 Å². The van der Waals surface area contributed by atoms with Crippen LogP contribution in [0.2, 0.25) is 10.0 Å². The largest absolute Gasteiger partial charge is 0.352 e. The van der Waals surface area contributed by atoms with Gasteiger partial charge in [-0.2, -0.15) is 0 Å². The molecule has 2 aliphatic heterocycles. The average molecular weight is 532 g/mol. The van der Waals surface area contributed by atoms with Gasteiger partial charge in [-0.15, -0.1) is 11.8 Å². The van der Waals surface area contributed by atoms with Crippen molar-refractivity contribution < 1.29 is 14.4 Å². The second-order valence-corrected chi connectivity index (χ2v) is 10.5. The zero-order valence-electron chi connectivity index (χ0n) is 19.2. The first-order valence-corrected chi connectivity index (χ1v) is 13.3. The third-order valence-electron chi connectivity index (χ3n) is 6.12. The van der Waals surface area contributed by atoms with Crippen molar-refractivity contribution in [3.05, 3.63) is 81.2 Å². The smallest absolute Gasteiger partial charge is 0.327 e. The van der Waals surface area contributed by atoms with E-state index >= 15 is 0 Å². The van der Waals surface area contributed by atoms with E-state index in [0.717, 1.165) is 17.5 Å². The lowest BCUT2D eigenvalue weighted by Gasteiger charge is -2.41. The molecule has 0 saturated carbocycles. The Balaban J connectivity index is 1.26. The van der Waals surface area contributed by atoms with Crippen LogP contribution < -0.4 is 5.32 Å². The standard InChI is InChI=1S/C26H27Cl2N3O3S/c27-20-9-6-7-18(15-20)17-31-22-12-14-35-24(22)25(33)30(26(31)34)13-5-1-2-11-23(32)29-16-19-8-3-4-10-21(19)28/h3-4,6-10,12,14-15,22,24H,1-2,5,11,13,16-17H2,(H,29,32). The topological polar surface area (TPSA) is 69.7 Å². The highest BCUT2D eigenvalue weighted by molar-refractivity contribution is 8.03. The van der Waals surface area contributed by atoms with E-state index in [1.165, 1.54) is 16.7 Å². The minimum absolute atomic E-state index is 0.0426. The van der Waals surface area contributed by atoms with Crippen LogP contribution in [0, 0.1) is 0 Å². The fraction of sp³-hybridized carbons (Fsp3) is 0.346. The van der Waals surface area contributed by atoms with E-state index in [9.17, 15) is 14.4 Å². The van der Waals surface area contributed by atoms with Crippen molar-refractivity contribution in [3.63, 3.8) is 0 Å². The van der Waals surface area contributed by atoms with Gasteiger partial charge in [0.1, 0.15) is 5.25 Å². The molecule has 1 saturated heterocycles. The summed E-state index contributed by atoms with van der Waals surface area (Å²) in [6.45, 7) is 1.13. The number of hydrogen-bond donors (Lipinski definition) is 1. The molecule has 2 heterocycles. The number of benzene rings is 2. The monoisotopic (exact) mass is 531 g/mol. The molecular weight excluding hydrogens is 505 g/mol. The summed E-state index contributed by atoms with van der Waals surface area (Å²) in [5.41, 5.74) is 1.80. The van der Waals surface area contributed by atoms with E-state index in [0.29, 0.717) is 48.9 Å². The Morgan fingerprint density at radius 3 is 2.66 bits per heavy atom. The molecule has 4 amide bonds. The van der Waals surface area contributed by atoms with E-state index in [-0.39, 0.29) is 29.1 Å². The molecule has 1 N–H and O–H groups in total. The Kier molecular flexibility index (Phi) is 8.76. The fourth-order valence-corrected chi connectivity index (χ4v) is 5.74. The number of nitrogens with zero attached hydrogens (tertiary/aromatic N) is 2. The number of rotatable bonds is 10. The average Bonchev–Trinajstić information content (AvgIpc) is 3.33. The molecule has 6 nitrogen and oxygen atoms in total. The summed E-state index contributed by atoms with van der Waals surface area (Å²) < 4.78 is 0. The number of hydrogen-bond acceptors (Lipinski definition) is 4. The molecule has 0 aromatic heterocycles. The van der Waals surface area contributed by atoms with E-state index in [1.54, 1.807) is 17.0 Å². The van der Waals surface area contributed by atoms with Crippen LogP contribution in [-0.2, 0) is 22.7 Å². The van der Waals surface area contributed by atoms with Crippen molar-refractivity contribution >= 4 is 52.8 Å². The Bertz CT molecular complexity index is 1130. The van der Waals surface area contributed by atoms with Gasteiger partial charge in [-0.25, -0.2) is 4.79 Å². The predicted octanol–water partition coefficient (Wildman–Crippen LogP) is 5.63. The number of imide groups is 1. The molecule has 35 heavy (non-hydrogen) atoms. The van der Waals surface area contributed by atoms with Gasteiger partial charge in [0, 0.05) is 36.1 Å². The molecule has 2 aromatic rings. The molecule has 2 aliphatic rings. The summed E-state index contributed by atoms with van der Waals surface area (Å²) in [6.07, 6.45) is 4.38. The lowest BCUT2D eigenvalue weighted by atomic mass is 10.1. The SMILES string of the molecule is O=C(CCCCCN1C(=O)C2SC=CC2N(Cc2cccc(Cl)c2)C1=O)NCc1ccccc1Cl. The van der Waals surface area contributed by atoms with Gasteiger partial charge < -0.3 is 10.2 Å². The first-order valence-electron chi connectivity index (χ1n) is 11.6. The molecule has 184 valence electrons. The quantitative estimate of drug-likeness (QED) is 0.403. The van der Waals surface area contributed by atoms with Gasteiger partial charge in [0.2, 0.25) is 11.8 Å². The molecule has 1 fully saturated rings. The molecule has 2 unspecified atom stereocenters. The Morgan fingerprint density at radius 1 is 1.03 bits per heavy atom. The maximum Gasteiger partial charge on any atom is 0.327 e. The molecule has 0 bridgehead atoms. The van der Waals surface area contributed by atoms with Crippen molar-refractivity contribution in [3.8, 4) is 0 Å². The second kappa shape index (κ2) is 12.0. The summed E-state index contributed by atoms with van der Waals surface area (Å²) >= 11 is 13.7. The van der Waals surface area contributed by atoms with Gasteiger partial charge >= 0.3 is 6.03 Å². The molecule has 0 spiro atoms. The third-order valence-corrected chi connectivity index (χ3v) is 7.81. The van der Waals surface area contributed by atoms with Gasteiger partial charge in [-0.05, 0) is 47.6 Å². The van der Waals surface area contributed by atoms with Gasteiger partial charge in [0.15, 0.2) is 0 Å². The Hall–Kier alpha value is -2.48. The van der Waals surface area contributed by atoms with Crippen LogP contribution in [0.15, 0.2) is 60.0 Å². The van der Waals surface area contributed by atoms with E-state index in [1.807, 2.05) is 47.9 Å². The van der Waals surface area contributed by atoms with Gasteiger partial charge in [-0.1, -0.05) is 66.0 Å². The van der Waals surface area contributed by atoms with Crippen LogP contribution in [0.25, 0.3) is 0 Å². The number of fused-ring (bicyclic) bond motifs is 1. The number of amides is 4. The van der Waals surface area contributed by atoms with Crippen molar-refractivity contribution in [2.75, 3.05) is 6.54 Å². The van der Waals surface area contributed by atoms with Crippen LogP contribution in [0.5, 0.6) is 0 Å². The Morgan fingerprint density at radius 2 is 1.86 bits per heavy atom. The fourth-order valence-electron chi connectivity index (χ4n) is 4.26. The molecular formula is C26H27Cl2N3O3S. The summed E-state index contributed by atoms with van der Waals surface area (Å²) in [4.78, 5) is 41.6. The first-order chi connectivity index (χ1) is 16.9. The van der Waals surface area contributed by atoms with Crippen LogP contribution in [0.4, 0.5) is 4.79 Å².